The first-order valence-electron chi connectivity index (χ1n) is 7.53. The first-order valence-corrected chi connectivity index (χ1v) is 7.53. The number of ether oxygens (including phenoxy) is 1. The minimum Gasteiger partial charge on any atom is -0.491 e. The quantitative estimate of drug-likeness (QED) is 0.771. The Morgan fingerprint density at radius 3 is 2.24 bits per heavy atom. The zero-order valence-electron chi connectivity index (χ0n) is 13.9. The minimum absolute atomic E-state index is 0.255. The van der Waals surface area contributed by atoms with Crippen molar-refractivity contribution in [2.45, 2.75) is 46.3 Å². The van der Waals surface area contributed by atoms with Crippen molar-refractivity contribution in [3.63, 3.8) is 0 Å². The van der Waals surface area contributed by atoms with E-state index in [-0.39, 0.29) is 6.61 Å². The van der Waals surface area contributed by atoms with Crippen LogP contribution in [0.25, 0.3) is 0 Å². The molecule has 4 heteroatoms. The summed E-state index contributed by atoms with van der Waals surface area (Å²) in [5.74, 6) is 0.789. The molecule has 1 aromatic carbocycles. The van der Waals surface area contributed by atoms with E-state index in [0.29, 0.717) is 13.1 Å². The Kier molecular flexibility index (Phi) is 6.65. The standard InChI is InChI=1S/C17H29NO3/c1-6-18(12-17(4,5)20)10-15(19)11-21-16-8-13(2)7-14(3)9-16/h7-9,15,19-20H,6,10-12H2,1-5H3. The molecular formula is C17H29NO3. The Morgan fingerprint density at radius 1 is 1.19 bits per heavy atom. The van der Waals surface area contributed by atoms with E-state index in [4.69, 9.17) is 4.74 Å². The van der Waals surface area contributed by atoms with Gasteiger partial charge >= 0.3 is 0 Å². The summed E-state index contributed by atoms with van der Waals surface area (Å²) in [4.78, 5) is 2.02. The Morgan fingerprint density at radius 2 is 1.76 bits per heavy atom. The molecule has 1 unspecified atom stereocenters. The molecule has 0 spiro atoms. The number of benzene rings is 1. The number of likely N-dealkylation sites (N-methyl/N-ethyl adjacent to an activating group) is 1. The number of rotatable bonds is 8. The molecule has 0 fully saturated rings. The van der Waals surface area contributed by atoms with Crippen molar-refractivity contribution in [1.29, 1.82) is 0 Å². The molecule has 0 saturated heterocycles. The summed E-state index contributed by atoms with van der Waals surface area (Å²) in [6.45, 7) is 11.7. The Labute approximate surface area is 128 Å². The Bertz CT molecular complexity index is 420. The molecule has 0 aliphatic heterocycles. The molecule has 0 radical (unpaired) electrons. The van der Waals surface area contributed by atoms with Crippen molar-refractivity contribution in [3.8, 4) is 5.75 Å². The van der Waals surface area contributed by atoms with Crippen LogP contribution in [0.3, 0.4) is 0 Å². The molecule has 21 heavy (non-hydrogen) atoms. The first kappa shape index (κ1) is 18.0. The van der Waals surface area contributed by atoms with Gasteiger partial charge in [-0.2, -0.15) is 0 Å². The molecule has 0 aliphatic carbocycles. The van der Waals surface area contributed by atoms with Crippen molar-refractivity contribution in [3.05, 3.63) is 29.3 Å². The van der Waals surface area contributed by atoms with E-state index in [1.165, 1.54) is 0 Å². The third kappa shape index (κ3) is 7.46. The molecule has 0 aliphatic rings. The maximum absolute atomic E-state index is 10.1. The van der Waals surface area contributed by atoms with Crippen LogP contribution in [0.2, 0.25) is 0 Å². The highest BCUT2D eigenvalue weighted by Crippen LogP contribution is 2.16. The molecule has 2 N–H and O–H groups in total. The lowest BCUT2D eigenvalue weighted by molar-refractivity contribution is 0.0115. The summed E-state index contributed by atoms with van der Waals surface area (Å²) in [6.07, 6.45) is -0.576. The topological polar surface area (TPSA) is 52.9 Å². The predicted molar refractivity (Wildman–Crippen MR) is 85.8 cm³/mol. The van der Waals surface area contributed by atoms with Crippen molar-refractivity contribution < 1.29 is 14.9 Å². The van der Waals surface area contributed by atoms with Crippen molar-refractivity contribution in [2.75, 3.05) is 26.2 Å². The molecular weight excluding hydrogens is 266 g/mol. The summed E-state index contributed by atoms with van der Waals surface area (Å²) < 4.78 is 5.67. The van der Waals surface area contributed by atoms with Crippen LogP contribution in [0.5, 0.6) is 5.75 Å². The third-order valence-electron chi connectivity index (χ3n) is 3.16. The van der Waals surface area contributed by atoms with E-state index in [9.17, 15) is 10.2 Å². The highest BCUT2D eigenvalue weighted by molar-refractivity contribution is 5.32. The zero-order chi connectivity index (χ0) is 16.0. The van der Waals surface area contributed by atoms with Gasteiger partial charge in [0.05, 0.1) is 5.60 Å². The second kappa shape index (κ2) is 7.78. The molecule has 120 valence electrons. The lowest BCUT2D eigenvalue weighted by Gasteiger charge is -2.29. The Hall–Kier alpha value is -1.10. The van der Waals surface area contributed by atoms with Gasteiger partial charge in [-0.25, -0.2) is 0 Å². The summed E-state index contributed by atoms with van der Waals surface area (Å²) in [6, 6.07) is 6.02. The molecule has 4 nitrogen and oxygen atoms in total. The maximum Gasteiger partial charge on any atom is 0.119 e. The Balaban J connectivity index is 2.47. The van der Waals surface area contributed by atoms with Gasteiger partial charge in [-0.05, 0) is 57.5 Å². The van der Waals surface area contributed by atoms with Gasteiger partial charge in [-0.1, -0.05) is 13.0 Å². The van der Waals surface area contributed by atoms with Gasteiger partial charge in [-0.15, -0.1) is 0 Å². The molecule has 0 bridgehead atoms. The monoisotopic (exact) mass is 295 g/mol. The van der Waals surface area contributed by atoms with E-state index in [1.807, 2.05) is 37.8 Å². The van der Waals surface area contributed by atoms with Gasteiger partial charge < -0.3 is 14.9 Å². The van der Waals surface area contributed by atoms with E-state index < -0.39 is 11.7 Å². The molecule has 1 atom stereocenters. The van der Waals surface area contributed by atoms with Crippen LogP contribution in [0, 0.1) is 13.8 Å². The van der Waals surface area contributed by atoms with Crippen molar-refractivity contribution >= 4 is 0 Å². The summed E-state index contributed by atoms with van der Waals surface area (Å²) >= 11 is 0. The smallest absolute Gasteiger partial charge is 0.119 e. The predicted octanol–water partition coefficient (Wildman–Crippen LogP) is 2.14. The number of aryl methyl sites for hydroxylation is 2. The van der Waals surface area contributed by atoms with Gasteiger partial charge in [0.1, 0.15) is 18.5 Å². The average molecular weight is 295 g/mol. The zero-order valence-corrected chi connectivity index (χ0v) is 13.9. The molecule has 0 heterocycles. The number of aliphatic hydroxyl groups excluding tert-OH is 1. The number of hydrogen-bond acceptors (Lipinski definition) is 4. The number of nitrogens with zero attached hydrogens (tertiary/aromatic N) is 1. The van der Waals surface area contributed by atoms with E-state index in [1.54, 1.807) is 13.8 Å². The summed E-state index contributed by atoms with van der Waals surface area (Å²) in [5.41, 5.74) is 1.54. The van der Waals surface area contributed by atoms with Crippen LogP contribution in [0.1, 0.15) is 31.9 Å². The molecule has 1 rings (SSSR count). The maximum atomic E-state index is 10.1. The molecule has 0 amide bonds. The fourth-order valence-corrected chi connectivity index (χ4v) is 2.41. The lowest BCUT2D eigenvalue weighted by atomic mass is 10.1. The van der Waals surface area contributed by atoms with Crippen LogP contribution >= 0.6 is 0 Å². The largest absolute Gasteiger partial charge is 0.491 e. The molecule has 0 aromatic heterocycles. The molecule has 0 saturated carbocycles. The highest BCUT2D eigenvalue weighted by Gasteiger charge is 2.19. The van der Waals surface area contributed by atoms with E-state index in [2.05, 4.69) is 6.07 Å². The van der Waals surface area contributed by atoms with Gasteiger partial charge in [0.15, 0.2) is 0 Å². The van der Waals surface area contributed by atoms with Crippen molar-refractivity contribution in [1.82, 2.24) is 4.90 Å². The number of aliphatic hydroxyl groups is 2. The highest BCUT2D eigenvalue weighted by atomic mass is 16.5. The van der Waals surface area contributed by atoms with Gasteiger partial charge in [0.2, 0.25) is 0 Å². The summed E-state index contributed by atoms with van der Waals surface area (Å²) in [7, 11) is 0. The van der Waals surface area contributed by atoms with Crippen LogP contribution < -0.4 is 4.74 Å². The van der Waals surface area contributed by atoms with Gasteiger partial charge in [-0.3, -0.25) is 4.90 Å². The fraction of sp³-hybridized carbons (Fsp3) is 0.647. The van der Waals surface area contributed by atoms with Gasteiger partial charge in [0.25, 0.3) is 0 Å². The SMILES string of the molecule is CCN(CC(O)COc1cc(C)cc(C)c1)CC(C)(C)O. The normalized spacial score (nSPS) is 13.5. The summed E-state index contributed by atoms with van der Waals surface area (Å²) in [5, 5.41) is 19.9. The number of hydrogen-bond donors (Lipinski definition) is 2. The van der Waals surface area contributed by atoms with Crippen LogP contribution in [0.4, 0.5) is 0 Å². The second-order valence-electron chi connectivity index (χ2n) is 6.43. The third-order valence-corrected chi connectivity index (χ3v) is 3.16. The molecule has 1 aromatic rings. The van der Waals surface area contributed by atoms with E-state index >= 15 is 0 Å². The van der Waals surface area contributed by atoms with Gasteiger partial charge in [0, 0.05) is 13.1 Å². The van der Waals surface area contributed by atoms with Crippen LogP contribution in [-0.4, -0.2) is 53.1 Å². The average Bonchev–Trinajstić information content (AvgIpc) is 2.32. The van der Waals surface area contributed by atoms with Crippen molar-refractivity contribution in [2.24, 2.45) is 0 Å². The fourth-order valence-electron chi connectivity index (χ4n) is 2.41. The van der Waals surface area contributed by atoms with Crippen LogP contribution in [0.15, 0.2) is 18.2 Å². The second-order valence-corrected chi connectivity index (χ2v) is 6.43. The van der Waals surface area contributed by atoms with Crippen LogP contribution in [-0.2, 0) is 0 Å². The first-order chi connectivity index (χ1) is 9.69. The van der Waals surface area contributed by atoms with E-state index in [0.717, 1.165) is 23.4 Å². The lowest BCUT2D eigenvalue weighted by Crippen LogP contribution is -2.43. The minimum atomic E-state index is -0.760.